The summed E-state index contributed by atoms with van der Waals surface area (Å²) in [6.07, 6.45) is -4.03. The molecule has 9 heteroatoms. The maximum Gasteiger partial charge on any atom is 0.451 e. The van der Waals surface area contributed by atoms with Gasteiger partial charge in [-0.1, -0.05) is 0 Å². The first-order valence-corrected chi connectivity index (χ1v) is 7.14. The van der Waals surface area contributed by atoms with Crippen LogP contribution in [0.25, 0.3) is 10.9 Å². The molecule has 0 atom stereocenters. The number of hydrogen-bond acceptors (Lipinski definition) is 6. The molecule has 6 nitrogen and oxygen atoms in total. The van der Waals surface area contributed by atoms with Gasteiger partial charge in [0.15, 0.2) is 11.5 Å². The van der Waals surface area contributed by atoms with Crippen molar-refractivity contribution in [3.63, 3.8) is 0 Å². The van der Waals surface area contributed by atoms with E-state index in [1.54, 1.807) is 13.2 Å². The summed E-state index contributed by atoms with van der Waals surface area (Å²) in [6, 6.07) is 2.94. The van der Waals surface area contributed by atoms with E-state index in [0.717, 1.165) is 0 Å². The lowest BCUT2D eigenvalue weighted by Gasteiger charge is -2.14. The number of ether oxygens (including phenoxy) is 3. The van der Waals surface area contributed by atoms with E-state index >= 15 is 0 Å². The summed E-state index contributed by atoms with van der Waals surface area (Å²) in [7, 11) is 4.40. The molecule has 2 rings (SSSR count). The molecule has 1 N–H and O–H groups in total. The summed E-state index contributed by atoms with van der Waals surface area (Å²) < 4.78 is 54.3. The van der Waals surface area contributed by atoms with Crippen molar-refractivity contribution in [2.24, 2.45) is 0 Å². The second-order valence-electron chi connectivity index (χ2n) is 4.89. The average Bonchev–Trinajstić information content (AvgIpc) is 2.56. The van der Waals surface area contributed by atoms with E-state index in [4.69, 9.17) is 14.2 Å². The highest BCUT2D eigenvalue weighted by molar-refractivity contribution is 5.91. The Morgan fingerprint density at radius 2 is 1.71 bits per heavy atom. The maximum absolute atomic E-state index is 13.0. The normalized spacial score (nSPS) is 11.6. The smallest absolute Gasteiger partial charge is 0.451 e. The number of halogens is 3. The van der Waals surface area contributed by atoms with Crippen molar-refractivity contribution in [1.29, 1.82) is 0 Å². The summed E-state index contributed by atoms with van der Waals surface area (Å²) in [4.78, 5) is 7.22. The fourth-order valence-electron chi connectivity index (χ4n) is 2.14. The minimum Gasteiger partial charge on any atom is -0.493 e. The van der Waals surface area contributed by atoms with Gasteiger partial charge in [0.2, 0.25) is 5.82 Å². The van der Waals surface area contributed by atoms with E-state index in [0.29, 0.717) is 36.5 Å². The summed E-state index contributed by atoms with van der Waals surface area (Å²) in [6.45, 7) is 0.894. The Labute approximate surface area is 136 Å². The predicted octanol–water partition coefficient (Wildman–Crippen LogP) is 3.11. The lowest BCUT2D eigenvalue weighted by molar-refractivity contribution is -0.144. The minimum absolute atomic E-state index is 0.0874. The highest BCUT2D eigenvalue weighted by Gasteiger charge is 2.35. The molecule has 1 aromatic carbocycles. The standard InChI is InChI=1S/C15H18F3N3O3/c1-22-6-4-5-19-13-9-7-11(23-2)12(24-3)8-10(9)20-14(21-13)15(16,17)18/h7-8H,4-6H2,1-3H3,(H,19,20,21). The van der Waals surface area contributed by atoms with Crippen LogP contribution in [0.2, 0.25) is 0 Å². The molecule has 132 valence electrons. The maximum atomic E-state index is 13.0. The Morgan fingerprint density at radius 3 is 2.29 bits per heavy atom. The van der Waals surface area contributed by atoms with Crippen LogP contribution in [0.15, 0.2) is 12.1 Å². The largest absolute Gasteiger partial charge is 0.493 e. The SMILES string of the molecule is COCCCNc1nc(C(F)(F)F)nc2cc(OC)c(OC)cc12. The zero-order chi connectivity index (χ0) is 17.7. The fraction of sp³-hybridized carbons (Fsp3) is 0.467. The average molecular weight is 345 g/mol. The van der Waals surface area contributed by atoms with Crippen molar-refractivity contribution >= 4 is 16.7 Å². The van der Waals surface area contributed by atoms with Crippen molar-refractivity contribution in [3.8, 4) is 11.5 Å². The number of alkyl halides is 3. The van der Waals surface area contributed by atoms with E-state index < -0.39 is 12.0 Å². The third-order valence-electron chi connectivity index (χ3n) is 3.27. The van der Waals surface area contributed by atoms with Gasteiger partial charge in [-0.05, 0) is 12.5 Å². The van der Waals surface area contributed by atoms with Crippen molar-refractivity contribution in [2.75, 3.05) is 39.8 Å². The number of fused-ring (bicyclic) bond motifs is 1. The predicted molar refractivity (Wildman–Crippen MR) is 82.6 cm³/mol. The van der Waals surface area contributed by atoms with Crippen LogP contribution >= 0.6 is 0 Å². The molecule has 2 aromatic rings. The number of nitrogens with zero attached hydrogens (tertiary/aromatic N) is 2. The lowest BCUT2D eigenvalue weighted by Crippen LogP contribution is -2.14. The molecule has 0 unspecified atom stereocenters. The van der Waals surface area contributed by atoms with Crippen molar-refractivity contribution < 1.29 is 27.4 Å². The van der Waals surface area contributed by atoms with Crippen molar-refractivity contribution in [3.05, 3.63) is 18.0 Å². The molecule has 0 aliphatic carbocycles. The van der Waals surface area contributed by atoms with Gasteiger partial charge >= 0.3 is 6.18 Å². The van der Waals surface area contributed by atoms with Crippen LogP contribution in [0.5, 0.6) is 11.5 Å². The molecule has 0 bridgehead atoms. The van der Waals surface area contributed by atoms with Gasteiger partial charge in [-0.2, -0.15) is 13.2 Å². The monoisotopic (exact) mass is 345 g/mol. The van der Waals surface area contributed by atoms with E-state index in [2.05, 4.69) is 15.3 Å². The first-order chi connectivity index (χ1) is 11.4. The third kappa shape index (κ3) is 3.97. The summed E-state index contributed by atoms with van der Waals surface area (Å²) in [5.74, 6) is -0.448. The molecular formula is C15H18F3N3O3. The molecule has 1 heterocycles. The van der Waals surface area contributed by atoms with Gasteiger partial charge in [-0.15, -0.1) is 0 Å². The number of rotatable bonds is 7. The van der Waals surface area contributed by atoms with E-state index in [-0.39, 0.29) is 11.3 Å². The zero-order valence-corrected chi connectivity index (χ0v) is 13.5. The quantitative estimate of drug-likeness (QED) is 0.778. The van der Waals surface area contributed by atoms with Crippen LogP contribution in [-0.2, 0) is 10.9 Å². The molecule has 0 spiro atoms. The molecule has 0 radical (unpaired) electrons. The molecule has 0 saturated heterocycles. The van der Waals surface area contributed by atoms with Gasteiger partial charge in [0.25, 0.3) is 0 Å². The third-order valence-corrected chi connectivity index (χ3v) is 3.27. The number of aromatic nitrogens is 2. The second kappa shape index (κ2) is 7.52. The second-order valence-corrected chi connectivity index (χ2v) is 4.89. The van der Waals surface area contributed by atoms with Gasteiger partial charge in [-0.3, -0.25) is 0 Å². The molecule has 0 fully saturated rings. The zero-order valence-electron chi connectivity index (χ0n) is 13.5. The lowest BCUT2D eigenvalue weighted by atomic mass is 10.2. The van der Waals surface area contributed by atoms with Gasteiger partial charge in [0, 0.05) is 31.7 Å². The van der Waals surface area contributed by atoms with Gasteiger partial charge in [0.05, 0.1) is 19.7 Å². The molecular weight excluding hydrogens is 327 g/mol. The van der Waals surface area contributed by atoms with Crippen molar-refractivity contribution in [1.82, 2.24) is 9.97 Å². The van der Waals surface area contributed by atoms with Crippen LogP contribution in [0.1, 0.15) is 12.2 Å². The highest BCUT2D eigenvalue weighted by Crippen LogP contribution is 2.36. The number of methoxy groups -OCH3 is 3. The molecule has 0 saturated carbocycles. The molecule has 0 aliphatic heterocycles. The highest BCUT2D eigenvalue weighted by atomic mass is 19.4. The summed E-state index contributed by atoms with van der Waals surface area (Å²) in [5.41, 5.74) is 0.115. The number of nitrogens with one attached hydrogen (secondary N) is 1. The first-order valence-electron chi connectivity index (χ1n) is 7.14. The van der Waals surface area contributed by atoms with Gasteiger partial charge < -0.3 is 19.5 Å². The molecule has 1 aromatic heterocycles. The van der Waals surface area contributed by atoms with Crippen LogP contribution in [-0.4, -0.2) is 44.4 Å². The number of benzene rings is 1. The van der Waals surface area contributed by atoms with Gasteiger partial charge in [-0.25, -0.2) is 9.97 Å². The molecule has 0 aliphatic rings. The molecule has 24 heavy (non-hydrogen) atoms. The van der Waals surface area contributed by atoms with Crippen LogP contribution in [0, 0.1) is 0 Å². The van der Waals surface area contributed by atoms with Crippen molar-refractivity contribution in [2.45, 2.75) is 12.6 Å². The van der Waals surface area contributed by atoms with E-state index in [1.807, 2.05) is 0 Å². The Hall–Kier alpha value is -2.29. The van der Waals surface area contributed by atoms with E-state index in [9.17, 15) is 13.2 Å². The number of hydrogen-bond donors (Lipinski definition) is 1. The molecule has 0 amide bonds. The Morgan fingerprint density at radius 1 is 1.04 bits per heavy atom. The minimum atomic E-state index is -4.65. The number of anilines is 1. The first kappa shape index (κ1) is 18.1. The fourth-order valence-corrected chi connectivity index (χ4v) is 2.14. The summed E-state index contributed by atoms with van der Waals surface area (Å²) >= 11 is 0. The van der Waals surface area contributed by atoms with E-state index in [1.165, 1.54) is 20.3 Å². The topological polar surface area (TPSA) is 65.5 Å². The summed E-state index contributed by atoms with van der Waals surface area (Å²) in [5, 5.41) is 3.31. The van der Waals surface area contributed by atoms with Crippen LogP contribution in [0.3, 0.4) is 0 Å². The van der Waals surface area contributed by atoms with Crippen LogP contribution < -0.4 is 14.8 Å². The van der Waals surface area contributed by atoms with Crippen LogP contribution in [0.4, 0.5) is 19.0 Å². The Balaban J connectivity index is 2.53. The Bertz CT molecular complexity index is 708. The van der Waals surface area contributed by atoms with Gasteiger partial charge in [0.1, 0.15) is 5.82 Å². The Kier molecular flexibility index (Phi) is 5.66.